The van der Waals surface area contributed by atoms with Gasteiger partial charge in [0, 0.05) is 6.54 Å². The zero-order valence-electron chi connectivity index (χ0n) is 10.8. The lowest BCUT2D eigenvalue weighted by molar-refractivity contribution is 0.0673. The molecule has 1 saturated heterocycles. The van der Waals surface area contributed by atoms with E-state index < -0.39 is 0 Å². The zero-order chi connectivity index (χ0) is 13.3. The lowest BCUT2D eigenvalue weighted by Gasteiger charge is -2.22. The monoisotopic (exact) mass is 252 g/mol. The fourth-order valence-electron chi connectivity index (χ4n) is 2.40. The summed E-state index contributed by atoms with van der Waals surface area (Å²) in [5.41, 5.74) is 7.45. The summed E-state index contributed by atoms with van der Waals surface area (Å²) in [7, 11) is 0. The van der Waals surface area contributed by atoms with Crippen LogP contribution in [0.4, 0.5) is 5.69 Å². The van der Waals surface area contributed by atoms with Crippen LogP contribution in [0.1, 0.15) is 48.8 Å². The van der Waals surface area contributed by atoms with Crippen LogP contribution in [0.15, 0.2) is 0 Å². The molecule has 2 rings (SSSR count). The first kappa shape index (κ1) is 12.9. The fourth-order valence-corrected chi connectivity index (χ4v) is 2.40. The smallest absolute Gasteiger partial charge is 0.276 e. The van der Waals surface area contributed by atoms with Gasteiger partial charge >= 0.3 is 0 Å². The number of aliphatic hydroxyl groups excluding tert-OH is 1. The average Bonchev–Trinajstić information content (AvgIpc) is 2.93. The SMILES string of the molecule is CC(C)c1[nH]nc(C(=O)N2CCCC2CO)c1N. The Labute approximate surface area is 106 Å². The molecule has 1 fully saturated rings. The number of nitrogens with zero attached hydrogens (tertiary/aromatic N) is 2. The zero-order valence-corrected chi connectivity index (χ0v) is 10.8. The number of H-pyrrole nitrogens is 1. The normalized spacial score (nSPS) is 19.8. The minimum Gasteiger partial charge on any atom is -0.395 e. The van der Waals surface area contributed by atoms with Gasteiger partial charge in [0.2, 0.25) is 0 Å². The molecule has 0 aliphatic carbocycles. The summed E-state index contributed by atoms with van der Waals surface area (Å²) in [4.78, 5) is 14.0. The lowest BCUT2D eigenvalue weighted by Crippen LogP contribution is -2.38. The number of carbonyl (C=O) groups is 1. The van der Waals surface area contributed by atoms with Crippen molar-refractivity contribution in [3.63, 3.8) is 0 Å². The summed E-state index contributed by atoms with van der Waals surface area (Å²) < 4.78 is 0. The molecule has 0 radical (unpaired) electrons. The van der Waals surface area contributed by atoms with Gasteiger partial charge in [0.15, 0.2) is 5.69 Å². The lowest BCUT2D eigenvalue weighted by atomic mass is 10.1. The molecule has 18 heavy (non-hydrogen) atoms. The molecule has 1 unspecified atom stereocenters. The van der Waals surface area contributed by atoms with Gasteiger partial charge in [0.25, 0.3) is 5.91 Å². The summed E-state index contributed by atoms with van der Waals surface area (Å²) in [5, 5.41) is 16.1. The van der Waals surface area contributed by atoms with Crippen molar-refractivity contribution in [1.29, 1.82) is 0 Å². The van der Waals surface area contributed by atoms with E-state index in [4.69, 9.17) is 5.73 Å². The van der Waals surface area contributed by atoms with Gasteiger partial charge in [-0.1, -0.05) is 13.8 Å². The summed E-state index contributed by atoms with van der Waals surface area (Å²) in [5.74, 6) is 0.0125. The Morgan fingerprint density at radius 1 is 1.67 bits per heavy atom. The minimum atomic E-state index is -0.188. The quantitative estimate of drug-likeness (QED) is 0.738. The number of nitrogen functional groups attached to an aromatic ring is 1. The van der Waals surface area contributed by atoms with Crippen LogP contribution in [0.3, 0.4) is 0 Å². The van der Waals surface area contributed by atoms with Crippen molar-refractivity contribution in [2.45, 2.75) is 38.6 Å². The number of amides is 1. The molecule has 1 aromatic rings. The Morgan fingerprint density at radius 2 is 2.39 bits per heavy atom. The molecule has 1 aliphatic rings. The highest BCUT2D eigenvalue weighted by molar-refractivity contribution is 5.98. The van der Waals surface area contributed by atoms with Crippen LogP contribution < -0.4 is 5.73 Å². The molecule has 1 amide bonds. The van der Waals surface area contributed by atoms with Gasteiger partial charge in [-0.25, -0.2) is 0 Å². The number of anilines is 1. The molecular formula is C12H20N4O2. The number of likely N-dealkylation sites (tertiary alicyclic amines) is 1. The average molecular weight is 252 g/mol. The summed E-state index contributed by atoms with van der Waals surface area (Å²) in [6, 6.07) is -0.101. The first-order chi connectivity index (χ1) is 8.56. The fraction of sp³-hybridized carbons (Fsp3) is 0.667. The molecule has 1 aliphatic heterocycles. The Hall–Kier alpha value is -1.56. The highest BCUT2D eigenvalue weighted by Crippen LogP contribution is 2.25. The van der Waals surface area contributed by atoms with Crippen molar-refractivity contribution in [2.24, 2.45) is 0 Å². The molecular weight excluding hydrogens is 232 g/mol. The molecule has 100 valence electrons. The van der Waals surface area contributed by atoms with E-state index in [9.17, 15) is 9.90 Å². The first-order valence-electron chi connectivity index (χ1n) is 6.31. The van der Waals surface area contributed by atoms with E-state index in [1.54, 1.807) is 4.90 Å². The standard InChI is InChI=1S/C12H20N4O2/c1-7(2)10-9(13)11(15-14-10)12(18)16-5-3-4-8(16)6-17/h7-8,17H,3-6,13H2,1-2H3,(H,14,15). The van der Waals surface area contributed by atoms with E-state index in [1.807, 2.05) is 13.8 Å². The van der Waals surface area contributed by atoms with Crippen molar-refractivity contribution in [3.05, 3.63) is 11.4 Å². The van der Waals surface area contributed by atoms with Crippen LogP contribution >= 0.6 is 0 Å². The number of hydrogen-bond acceptors (Lipinski definition) is 4. The number of carbonyl (C=O) groups excluding carboxylic acids is 1. The van der Waals surface area contributed by atoms with Gasteiger partial charge in [0.05, 0.1) is 24.0 Å². The maximum absolute atomic E-state index is 12.3. The predicted octanol–water partition coefficient (Wildman–Crippen LogP) is 0.712. The molecule has 1 aromatic heterocycles. The van der Waals surface area contributed by atoms with Crippen molar-refractivity contribution in [3.8, 4) is 0 Å². The number of aliphatic hydroxyl groups is 1. The Bertz CT molecular complexity index is 441. The summed E-state index contributed by atoms with van der Waals surface area (Å²) in [6.07, 6.45) is 1.75. The Morgan fingerprint density at radius 3 is 2.94 bits per heavy atom. The predicted molar refractivity (Wildman–Crippen MR) is 68.2 cm³/mol. The summed E-state index contributed by atoms with van der Waals surface area (Å²) >= 11 is 0. The number of aromatic nitrogens is 2. The van der Waals surface area contributed by atoms with E-state index in [-0.39, 0.29) is 30.2 Å². The van der Waals surface area contributed by atoms with Gasteiger partial charge < -0.3 is 15.7 Å². The topological polar surface area (TPSA) is 95.2 Å². The van der Waals surface area contributed by atoms with Crippen LogP contribution in [-0.4, -0.2) is 45.3 Å². The maximum atomic E-state index is 12.3. The Balaban J connectivity index is 2.24. The molecule has 0 spiro atoms. The largest absolute Gasteiger partial charge is 0.395 e. The van der Waals surface area contributed by atoms with Crippen molar-refractivity contribution >= 4 is 11.6 Å². The molecule has 6 nitrogen and oxygen atoms in total. The van der Waals surface area contributed by atoms with E-state index in [1.165, 1.54) is 0 Å². The third-order valence-corrected chi connectivity index (χ3v) is 3.46. The summed E-state index contributed by atoms with van der Waals surface area (Å²) in [6.45, 7) is 4.63. The second-order valence-corrected chi connectivity index (χ2v) is 5.03. The van der Waals surface area contributed by atoms with E-state index >= 15 is 0 Å². The molecule has 0 aromatic carbocycles. The Kier molecular flexibility index (Phi) is 3.56. The number of nitrogens with one attached hydrogen (secondary N) is 1. The number of hydrogen-bond donors (Lipinski definition) is 3. The minimum absolute atomic E-state index is 0.00684. The van der Waals surface area contributed by atoms with Crippen LogP contribution in [0.2, 0.25) is 0 Å². The molecule has 0 saturated carbocycles. The second-order valence-electron chi connectivity index (χ2n) is 5.03. The highest BCUT2D eigenvalue weighted by Gasteiger charge is 2.31. The van der Waals surface area contributed by atoms with Gasteiger partial charge in [-0.15, -0.1) is 0 Å². The molecule has 0 bridgehead atoms. The maximum Gasteiger partial charge on any atom is 0.276 e. The van der Waals surface area contributed by atoms with Gasteiger partial charge in [-0.2, -0.15) is 5.10 Å². The van der Waals surface area contributed by atoms with E-state index in [2.05, 4.69) is 10.2 Å². The van der Waals surface area contributed by atoms with E-state index in [0.717, 1.165) is 18.5 Å². The van der Waals surface area contributed by atoms with Crippen LogP contribution in [0, 0.1) is 0 Å². The molecule has 6 heteroatoms. The first-order valence-corrected chi connectivity index (χ1v) is 6.31. The highest BCUT2D eigenvalue weighted by atomic mass is 16.3. The molecule has 2 heterocycles. The van der Waals surface area contributed by atoms with Crippen LogP contribution in [-0.2, 0) is 0 Å². The van der Waals surface area contributed by atoms with E-state index in [0.29, 0.717) is 12.2 Å². The van der Waals surface area contributed by atoms with Crippen LogP contribution in [0.25, 0.3) is 0 Å². The number of rotatable bonds is 3. The van der Waals surface area contributed by atoms with Crippen molar-refractivity contribution < 1.29 is 9.90 Å². The molecule has 4 N–H and O–H groups in total. The third kappa shape index (κ3) is 2.08. The van der Waals surface area contributed by atoms with Gasteiger partial charge in [-0.05, 0) is 18.8 Å². The van der Waals surface area contributed by atoms with Crippen molar-refractivity contribution in [2.75, 3.05) is 18.9 Å². The van der Waals surface area contributed by atoms with Gasteiger partial charge in [-0.3, -0.25) is 9.89 Å². The molecule has 1 atom stereocenters. The number of nitrogens with two attached hydrogens (primary N) is 1. The second kappa shape index (κ2) is 4.97. The van der Waals surface area contributed by atoms with Gasteiger partial charge in [0.1, 0.15) is 0 Å². The number of aromatic amines is 1. The third-order valence-electron chi connectivity index (χ3n) is 3.46. The van der Waals surface area contributed by atoms with Crippen LogP contribution in [0.5, 0.6) is 0 Å². The van der Waals surface area contributed by atoms with Crippen molar-refractivity contribution in [1.82, 2.24) is 15.1 Å².